The second-order valence-electron chi connectivity index (χ2n) is 5.45. The summed E-state index contributed by atoms with van der Waals surface area (Å²) >= 11 is 9.61. The quantitative estimate of drug-likeness (QED) is 0.411. The van der Waals surface area contributed by atoms with Crippen molar-refractivity contribution >= 4 is 61.9 Å². The summed E-state index contributed by atoms with van der Waals surface area (Å²) in [5.74, 6) is 0.0777. The van der Waals surface area contributed by atoms with Crippen LogP contribution in [-0.4, -0.2) is 17.3 Å². The predicted molar refractivity (Wildman–Crippen MR) is 108 cm³/mol. The number of hydrogen-bond acceptors (Lipinski definition) is 4. The first-order valence-corrected chi connectivity index (χ1v) is 9.51. The molecule has 0 radical (unpaired) electrons. The highest BCUT2D eigenvalue weighted by Gasteiger charge is 2.36. The normalized spacial score (nSPS) is 16.3. The van der Waals surface area contributed by atoms with Crippen LogP contribution in [0, 0.1) is 0 Å². The average Bonchev–Trinajstić information content (AvgIpc) is 2.88. The van der Waals surface area contributed by atoms with Crippen LogP contribution in [-0.2, 0) is 11.0 Å². The Balaban J connectivity index is 1.98. The van der Waals surface area contributed by atoms with E-state index in [1.807, 2.05) is 0 Å². The lowest BCUT2D eigenvalue weighted by atomic mass is 10.1. The van der Waals surface area contributed by atoms with E-state index >= 15 is 0 Å². The molecule has 0 unspecified atom stereocenters. The zero-order valence-electron chi connectivity index (χ0n) is 13.7. The third kappa shape index (κ3) is 4.20. The number of benzene rings is 2. The number of thioether (sulfide) groups is 1. The number of methoxy groups -OCH3 is 1. The molecule has 27 heavy (non-hydrogen) atoms. The molecule has 0 spiro atoms. The van der Waals surface area contributed by atoms with Crippen molar-refractivity contribution in [2.75, 3.05) is 12.0 Å². The zero-order valence-corrected chi connectivity index (χ0v) is 16.9. The molecule has 9 heteroatoms. The maximum absolute atomic E-state index is 13.0. The number of ether oxygens (including phenoxy) is 1. The molecule has 0 N–H and O–H groups in total. The Hall–Kier alpha value is -1.84. The second-order valence-corrected chi connectivity index (χ2v) is 8.04. The molecule has 0 atom stereocenters. The minimum absolute atomic E-state index is 0.0805. The molecule has 140 valence electrons. The van der Waals surface area contributed by atoms with Gasteiger partial charge in [-0.15, -0.1) is 0 Å². The minimum Gasteiger partial charge on any atom is -0.496 e. The molecule has 2 aromatic carbocycles. The number of hydrogen-bond donors (Lipinski definition) is 0. The summed E-state index contributed by atoms with van der Waals surface area (Å²) in [7, 11) is 1.51. The molecule has 1 amide bonds. The number of thiocarbonyl (C=S) groups is 1. The van der Waals surface area contributed by atoms with Gasteiger partial charge < -0.3 is 4.74 Å². The standard InChI is InChI=1S/C18H11BrF3NO2S2/c1-25-14-6-5-12(19)7-10(14)8-15-16(24)23(17(26)27-15)13-4-2-3-11(9-13)18(20,21)22/h2-9H,1H3. The van der Waals surface area contributed by atoms with Gasteiger partial charge in [-0.2, -0.15) is 13.2 Å². The van der Waals surface area contributed by atoms with Crippen molar-refractivity contribution in [2.45, 2.75) is 6.18 Å². The van der Waals surface area contributed by atoms with E-state index < -0.39 is 17.6 Å². The molecule has 3 rings (SSSR count). The summed E-state index contributed by atoms with van der Waals surface area (Å²) in [5.41, 5.74) is -0.111. The smallest absolute Gasteiger partial charge is 0.416 e. The van der Waals surface area contributed by atoms with E-state index in [1.54, 1.807) is 24.3 Å². The average molecular weight is 474 g/mol. The number of rotatable bonds is 3. The summed E-state index contributed by atoms with van der Waals surface area (Å²) in [5, 5.41) is 0. The van der Waals surface area contributed by atoms with Crippen LogP contribution in [0.2, 0.25) is 0 Å². The van der Waals surface area contributed by atoms with Gasteiger partial charge in [-0.25, -0.2) is 0 Å². The van der Waals surface area contributed by atoms with Crippen LogP contribution >= 0.6 is 39.9 Å². The van der Waals surface area contributed by atoms with Gasteiger partial charge in [0.25, 0.3) is 5.91 Å². The molecular formula is C18H11BrF3NO2S2. The van der Waals surface area contributed by atoms with Gasteiger partial charge in [0.15, 0.2) is 4.32 Å². The fraction of sp³-hybridized carbons (Fsp3) is 0.111. The Labute approximate surface area is 171 Å². The molecule has 1 aliphatic heterocycles. The Morgan fingerprint density at radius 3 is 2.63 bits per heavy atom. The van der Waals surface area contributed by atoms with Gasteiger partial charge in [0.05, 0.1) is 23.3 Å². The van der Waals surface area contributed by atoms with Crippen molar-refractivity contribution in [3.63, 3.8) is 0 Å². The molecule has 3 nitrogen and oxygen atoms in total. The van der Waals surface area contributed by atoms with Crippen LogP contribution in [0.4, 0.5) is 18.9 Å². The summed E-state index contributed by atoms with van der Waals surface area (Å²) in [6.07, 6.45) is -2.90. The van der Waals surface area contributed by atoms with Gasteiger partial charge in [-0.3, -0.25) is 9.69 Å². The molecule has 0 saturated carbocycles. The first-order chi connectivity index (χ1) is 12.7. The summed E-state index contributed by atoms with van der Waals surface area (Å²) in [4.78, 5) is 14.2. The molecule has 2 aromatic rings. The third-order valence-corrected chi connectivity index (χ3v) is 5.50. The Morgan fingerprint density at radius 1 is 1.22 bits per heavy atom. The van der Waals surface area contributed by atoms with Crippen molar-refractivity contribution in [3.8, 4) is 5.75 Å². The monoisotopic (exact) mass is 473 g/mol. The Morgan fingerprint density at radius 2 is 1.96 bits per heavy atom. The minimum atomic E-state index is -4.50. The van der Waals surface area contributed by atoms with Crippen LogP contribution in [0.1, 0.15) is 11.1 Å². The van der Waals surface area contributed by atoms with E-state index in [-0.39, 0.29) is 10.0 Å². The molecule has 1 heterocycles. The van der Waals surface area contributed by atoms with Crippen LogP contribution < -0.4 is 9.64 Å². The predicted octanol–water partition coefficient (Wildman–Crippen LogP) is 5.88. The molecule has 1 saturated heterocycles. The number of carbonyl (C=O) groups is 1. The largest absolute Gasteiger partial charge is 0.496 e. The fourth-order valence-corrected chi connectivity index (χ4v) is 4.14. The van der Waals surface area contributed by atoms with Crippen molar-refractivity contribution in [2.24, 2.45) is 0 Å². The Bertz CT molecular complexity index is 960. The SMILES string of the molecule is COc1ccc(Br)cc1C=C1SC(=S)N(c2cccc(C(F)(F)F)c2)C1=O. The lowest BCUT2D eigenvalue weighted by Crippen LogP contribution is -2.27. The number of halogens is 4. The summed E-state index contributed by atoms with van der Waals surface area (Å²) in [6.45, 7) is 0. The van der Waals surface area contributed by atoms with Crippen molar-refractivity contribution in [1.82, 2.24) is 0 Å². The van der Waals surface area contributed by atoms with E-state index in [4.69, 9.17) is 17.0 Å². The number of amides is 1. The van der Waals surface area contributed by atoms with Crippen LogP contribution in [0.25, 0.3) is 6.08 Å². The van der Waals surface area contributed by atoms with Gasteiger partial charge >= 0.3 is 6.18 Å². The van der Waals surface area contributed by atoms with Gasteiger partial charge in [-0.05, 0) is 42.5 Å². The molecule has 0 aliphatic carbocycles. The van der Waals surface area contributed by atoms with Crippen molar-refractivity contribution in [1.29, 1.82) is 0 Å². The zero-order chi connectivity index (χ0) is 19.8. The maximum Gasteiger partial charge on any atom is 0.416 e. The molecule has 1 aliphatic rings. The maximum atomic E-state index is 13.0. The second kappa shape index (κ2) is 7.65. The van der Waals surface area contributed by atoms with Crippen LogP contribution in [0.3, 0.4) is 0 Å². The lowest BCUT2D eigenvalue weighted by Gasteiger charge is -2.16. The van der Waals surface area contributed by atoms with Crippen LogP contribution in [0.15, 0.2) is 51.8 Å². The molecule has 1 fully saturated rings. The number of alkyl halides is 3. The molecular weight excluding hydrogens is 463 g/mol. The van der Waals surface area contributed by atoms with Crippen molar-refractivity contribution < 1.29 is 22.7 Å². The highest BCUT2D eigenvalue weighted by Crippen LogP contribution is 2.39. The number of nitrogens with zero attached hydrogens (tertiary/aromatic N) is 1. The first-order valence-electron chi connectivity index (χ1n) is 7.49. The summed E-state index contributed by atoms with van der Waals surface area (Å²) < 4.78 is 45.1. The highest BCUT2D eigenvalue weighted by atomic mass is 79.9. The Kier molecular flexibility index (Phi) is 5.64. The molecule has 0 bridgehead atoms. The fourth-order valence-electron chi connectivity index (χ4n) is 2.47. The van der Waals surface area contributed by atoms with E-state index in [0.29, 0.717) is 16.2 Å². The lowest BCUT2D eigenvalue weighted by molar-refractivity contribution is -0.137. The third-order valence-electron chi connectivity index (χ3n) is 3.70. The topological polar surface area (TPSA) is 29.5 Å². The van der Waals surface area contributed by atoms with Gasteiger partial charge in [0.1, 0.15) is 5.75 Å². The first kappa shape index (κ1) is 19.9. The van der Waals surface area contributed by atoms with E-state index in [1.165, 1.54) is 19.2 Å². The van der Waals surface area contributed by atoms with Crippen LogP contribution in [0.5, 0.6) is 5.75 Å². The van der Waals surface area contributed by atoms with E-state index in [2.05, 4.69) is 15.9 Å². The van der Waals surface area contributed by atoms with E-state index in [9.17, 15) is 18.0 Å². The number of anilines is 1. The van der Waals surface area contributed by atoms with Gasteiger partial charge in [0.2, 0.25) is 0 Å². The van der Waals surface area contributed by atoms with Crippen molar-refractivity contribution in [3.05, 3.63) is 63.0 Å². The number of carbonyl (C=O) groups excluding carboxylic acids is 1. The summed E-state index contributed by atoms with van der Waals surface area (Å²) in [6, 6.07) is 9.83. The van der Waals surface area contributed by atoms with E-state index in [0.717, 1.165) is 33.3 Å². The van der Waals surface area contributed by atoms with Gasteiger partial charge in [0, 0.05) is 10.0 Å². The highest BCUT2D eigenvalue weighted by molar-refractivity contribution is 9.10. The molecule has 0 aromatic heterocycles. The van der Waals surface area contributed by atoms with Gasteiger partial charge in [-0.1, -0.05) is 46.0 Å².